The van der Waals surface area contributed by atoms with Gasteiger partial charge in [-0.05, 0) is 30.7 Å². The van der Waals surface area contributed by atoms with Crippen LogP contribution in [0.2, 0.25) is 0 Å². The van der Waals surface area contributed by atoms with Crippen molar-refractivity contribution in [1.82, 2.24) is 0 Å². The van der Waals surface area contributed by atoms with Crippen molar-refractivity contribution in [1.29, 1.82) is 5.26 Å². The summed E-state index contributed by atoms with van der Waals surface area (Å²) in [5.74, 6) is -0.293. The first-order chi connectivity index (χ1) is 9.65. The van der Waals surface area contributed by atoms with Crippen molar-refractivity contribution in [2.24, 2.45) is 0 Å². The fourth-order valence-corrected chi connectivity index (χ4v) is 2.07. The molecule has 1 atom stereocenters. The van der Waals surface area contributed by atoms with Crippen molar-refractivity contribution in [3.63, 3.8) is 0 Å². The highest BCUT2D eigenvalue weighted by molar-refractivity contribution is 5.51. The van der Waals surface area contributed by atoms with E-state index in [1.165, 1.54) is 12.1 Å². The first-order valence-electron chi connectivity index (χ1n) is 6.39. The van der Waals surface area contributed by atoms with Gasteiger partial charge in [-0.15, -0.1) is 0 Å². The monoisotopic (exact) mass is 270 g/mol. The number of phenols is 1. The highest BCUT2D eigenvalue weighted by Gasteiger charge is 2.14. The van der Waals surface area contributed by atoms with Gasteiger partial charge in [0.05, 0.1) is 23.4 Å². The summed E-state index contributed by atoms with van der Waals surface area (Å²) >= 11 is 0. The van der Waals surface area contributed by atoms with E-state index in [1.807, 2.05) is 19.1 Å². The number of nitrogens with zero attached hydrogens (tertiary/aromatic N) is 1. The van der Waals surface area contributed by atoms with Gasteiger partial charge in [0.2, 0.25) is 0 Å². The molecule has 0 radical (unpaired) electrons. The molecule has 0 heterocycles. The normalized spacial score (nSPS) is 11.7. The van der Waals surface area contributed by atoms with Gasteiger partial charge in [0.15, 0.2) is 0 Å². The Bertz CT molecular complexity index is 649. The topological polar surface area (TPSA) is 56.0 Å². The Morgan fingerprint density at radius 3 is 2.65 bits per heavy atom. The second-order valence-corrected chi connectivity index (χ2v) is 4.47. The maximum absolute atomic E-state index is 13.9. The summed E-state index contributed by atoms with van der Waals surface area (Å²) in [7, 11) is 0. The minimum absolute atomic E-state index is 0.181. The van der Waals surface area contributed by atoms with Gasteiger partial charge in [-0.3, -0.25) is 0 Å². The molecule has 2 aromatic rings. The molecule has 0 bridgehead atoms. The zero-order chi connectivity index (χ0) is 14.5. The molecule has 0 aliphatic carbocycles. The van der Waals surface area contributed by atoms with Crippen molar-refractivity contribution >= 4 is 5.69 Å². The molecular formula is C16H15FN2O. The Hall–Kier alpha value is -2.54. The highest BCUT2D eigenvalue weighted by atomic mass is 19.1. The average molecular weight is 270 g/mol. The molecule has 20 heavy (non-hydrogen) atoms. The van der Waals surface area contributed by atoms with Crippen LogP contribution in [-0.2, 0) is 0 Å². The van der Waals surface area contributed by atoms with Crippen LogP contribution < -0.4 is 5.32 Å². The van der Waals surface area contributed by atoms with E-state index in [4.69, 9.17) is 5.26 Å². The Labute approximate surface area is 117 Å². The fraction of sp³-hybridized carbons (Fsp3) is 0.188. The lowest BCUT2D eigenvalue weighted by molar-refractivity contribution is 0.462. The van der Waals surface area contributed by atoms with Gasteiger partial charge in [0, 0.05) is 5.56 Å². The van der Waals surface area contributed by atoms with Gasteiger partial charge in [-0.25, -0.2) is 4.39 Å². The van der Waals surface area contributed by atoms with E-state index in [1.54, 1.807) is 24.3 Å². The molecular weight excluding hydrogens is 255 g/mol. The van der Waals surface area contributed by atoms with Crippen LogP contribution >= 0.6 is 0 Å². The molecule has 3 nitrogen and oxygen atoms in total. The van der Waals surface area contributed by atoms with Crippen molar-refractivity contribution in [2.75, 3.05) is 5.32 Å². The molecule has 4 heteroatoms. The second-order valence-electron chi connectivity index (χ2n) is 4.47. The summed E-state index contributed by atoms with van der Waals surface area (Å²) in [4.78, 5) is 0. The van der Waals surface area contributed by atoms with E-state index in [2.05, 4.69) is 5.32 Å². The predicted molar refractivity (Wildman–Crippen MR) is 75.9 cm³/mol. The lowest BCUT2D eigenvalue weighted by Crippen LogP contribution is -2.11. The number of halogens is 1. The zero-order valence-corrected chi connectivity index (χ0v) is 11.1. The van der Waals surface area contributed by atoms with Crippen LogP contribution in [0.3, 0.4) is 0 Å². The quantitative estimate of drug-likeness (QED) is 0.884. The third-order valence-electron chi connectivity index (χ3n) is 3.15. The molecule has 2 aromatic carbocycles. The molecule has 102 valence electrons. The van der Waals surface area contributed by atoms with Crippen LogP contribution in [0.4, 0.5) is 10.1 Å². The zero-order valence-electron chi connectivity index (χ0n) is 11.1. The van der Waals surface area contributed by atoms with Crippen molar-refractivity contribution < 1.29 is 9.50 Å². The summed E-state index contributed by atoms with van der Waals surface area (Å²) in [6.07, 6.45) is 0.691. The Morgan fingerprint density at radius 1 is 1.30 bits per heavy atom. The molecule has 0 saturated carbocycles. The molecule has 0 aliphatic heterocycles. The number of anilines is 1. The molecule has 0 amide bonds. The average Bonchev–Trinajstić information content (AvgIpc) is 2.47. The minimum atomic E-state index is -0.474. The number of aromatic hydroxyl groups is 1. The van der Waals surface area contributed by atoms with Crippen LogP contribution in [-0.4, -0.2) is 5.11 Å². The number of nitriles is 1. The first-order valence-corrected chi connectivity index (χ1v) is 6.39. The Morgan fingerprint density at radius 2 is 2.05 bits per heavy atom. The van der Waals surface area contributed by atoms with Crippen molar-refractivity contribution in [3.8, 4) is 11.8 Å². The smallest absolute Gasteiger partial charge is 0.147 e. The van der Waals surface area contributed by atoms with Crippen LogP contribution in [0.1, 0.15) is 30.5 Å². The van der Waals surface area contributed by atoms with E-state index < -0.39 is 5.82 Å². The molecule has 0 aliphatic rings. The minimum Gasteiger partial charge on any atom is -0.508 e. The van der Waals surface area contributed by atoms with Gasteiger partial charge in [-0.1, -0.05) is 25.1 Å². The lowest BCUT2D eigenvalue weighted by Gasteiger charge is -2.20. The van der Waals surface area contributed by atoms with Crippen LogP contribution in [0, 0.1) is 17.1 Å². The molecule has 2 rings (SSSR count). The van der Waals surface area contributed by atoms with E-state index in [0.717, 1.165) is 5.56 Å². The van der Waals surface area contributed by atoms with E-state index in [0.29, 0.717) is 12.1 Å². The summed E-state index contributed by atoms with van der Waals surface area (Å²) in [5.41, 5.74) is 1.32. The van der Waals surface area contributed by atoms with Gasteiger partial charge < -0.3 is 10.4 Å². The molecule has 0 fully saturated rings. The second kappa shape index (κ2) is 6.07. The maximum Gasteiger partial charge on any atom is 0.147 e. The highest BCUT2D eigenvalue weighted by Crippen LogP contribution is 2.30. The Balaban J connectivity index is 2.28. The molecule has 0 spiro atoms. The third-order valence-corrected chi connectivity index (χ3v) is 3.15. The van der Waals surface area contributed by atoms with Crippen LogP contribution in [0.5, 0.6) is 5.75 Å². The van der Waals surface area contributed by atoms with Gasteiger partial charge in [-0.2, -0.15) is 5.26 Å². The van der Waals surface area contributed by atoms with Gasteiger partial charge in [0.1, 0.15) is 11.6 Å². The molecule has 2 N–H and O–H groups in total. The summed E-state index contributed by atoms with van der Waals surface area (Å²) in [6.45, 7) is 1.95. The van der Waals surface area contributed by atoms with E-state index in [-0.39, 0.29) is 17.4 Å². The molecule has 0 saturated heterocycles. The van der Waals surface area contributed by atoms with Crippen molar-refractivity contribution in [3.05, 3.63) is 59.4 Å². The van der Waals surface area contributed by atoms with Crippen molar-refractivity contribution in [2.45, 2.75) is 19.4 Å². The fourth-order valence-electron chi connectivity index (χ4n) is 2.07. The SMILES string of the molecule is CCC(Nc1ccc(C#N)cc1F)c1ccccc1O. The lowest BCUT2D eigenvalue weighted by atomic mass is 10.0. The number of para-hydroxylation sites is 1. The number of rotatable bonds is 4. The largest absolute Gasteiger partial charge is 0.508 e. The standard InChI is InChI=1S/C16H15FN2O/c1-2-14(12-5-3-4-6-16(12)20)19-15-8-7-11(10-18)9-13(15)17/h3-9,14,19-20H,2H2,1H3. The number of benzene rings is 2. The molecule has 1 unspecified atom stereocenters. The first kappa shape index (κ1) is 13.9. The number of hydrogen-bond acceptors (Lipinski definition) is 3. The number of hydrogen-bond donors (Lipinski definition) is 2. The van der Waals surface area contributed by atoms with Gasteiger partial charge in [0.25, 0.3) is 0 Å². The summed E-state index contributed by atoms with van der Waals surface area (Å²) < 4.78 is 13.9. The van der Waals surface area contributed by atoms with Crippen LogP contribution in [0.25, 0.3) is 0 Å². The van der Waals surface area contributed by atoms with Gasteiger partial charge >= 0.3 is 0 Å². The maximum atomic E-state index is 13.9. The number of phenolic OH excluding ortho intramolecular Hbond substituents is 1. The summed E-state index contributed by atoms with van der Waals surface area (Å²) in [5, 5.41) is 21.7. The van der Waals surface area contributed by atoms with E-state index >= 15 is 0 Å². The predicted octanol–water partition coefficient (Wildman–Crippen LogP) is 3.97. The third kappa shape index (κ3) is 2.89. The van der Waals surface area contributed by atoms with E-state index in [9.17, 15) is 9.50 Å². The van der Waals surface area contributed by atoms with Crippen LogP contribution in [0.15, 0.2) is 42.5 Å². The summed E-state index contributed by atoms with van der Waals surface area (Å²) in [6, 6.07) is 13.0. The molecule has 0 aromatic heterocycles. The Kier molecular flexibility index (Phi) is 4.21. The number of nitrogens with one attached hydrogen (secondary N) is 1.